The topological polar surface area (TPSA) is 54.3 Å². The van der Waals surface area contributed by atoms with Gasteiger partial charge in [0, 0.05) is 17.4 Å². The van der Waals surface area contributed by atoms with Gasteiger partial charge in [-0.1, -0.05) is 25.3 Å². The molecule has 3 rings (SSSR count). The maximum Gasteiger partial charge on any atom is 0.259 e. The molecule has 1 aromatic heterocycles. The Morgan fingerprint density at radius 3 is 2.52 bits per heavy atom. The summed E-state index contributed by atoms with van der Waals surface area (Å²) in [6.07, 6.45) is 6.40. The van der Waals surface area contributed by atoms with Gasteiger partial charge in [-0.15, -0.1) is 0 Å². The van der Waals surface area contributed by atoms with Crippen LogP contribution in [0.2, 0.25) is 0 Å². The smallest absolute Gasteiger partial charge is 0.259 e. The first-order valence-corrected chi connectivity index (χ1v) is 8.37. The number of benzene rings is 1. The van der Waals surface area contributed by atoms with Crippen LogP contribution in [0.3, 0.4) is 0 Å². The Morgan fingerprint density at radius 1 is 1.09 bits per heavy atom. The monoisotopic (exact) mass is 312 g/mol. The van der Waals surface area contributed by atoms with Crippen molar-refractivity contribution in [2.24, 2.45) is 0 Å². The van der Waals surface area contributed by atoms with E-state index < -0.39 is 0 Å². The van der Waals surface area contributed by atoms with Gasteiger partial charge >= 0.3 is 0 Å². The Morgan fingerprint density at radius 2 is 1.83 bits per heavy atom. The van der Waals surface area contributed by atoms with Crippen LogP contribution in [0.15, 0.2) is 34.7 Å². The highest BCUT2D eigenvalue weighted by molar-refractivity contribution is 6.05. The minimum atomic E-state index is -0.130. The van der Waals surface area contributed by atoms with Crippen LogP contribution >= 0.6 is 0 Å². The van der Waals surface area contributed by atoms with Crippen LogP contribution in [-0.2, 0) is 0 Å². The first-order valence-electron chi connectivity index (χ1n) is 8.37. The molecule has 2 N–H and O–H groups in total. The molecule has 0 atom stereocenters. The lowest BCUT2D eigenvalue weighted by molar-refractivity contribution is 0.102. The fourth-order valence-corrected chi connectivity index (χ4v) is 3.22. The van der Waals surface area contributed by atoms with E-state index in [4.69, 9.17) is 4.42 Å². The number of furan rings is 1. The lowest BCUT2D eigenvalue weighted by Gasteiger charge is -2.24. The number of rotatable bonds is 4. The van der Waals surface area contributed by atoms with Gasteiger partial charge in [-0.25, -0.2) is 0 Å². The normalized spacial score (nSPS) is 15.4. The maximum absolute atomic E-state index is 12.4. The summed E-state index contributed by atoms with van der Waals surface area (Å²) >= 11 is 0. The Labute approximate surface area is 137 Å². The molecule has 1 aliphatic rings. The van der Waals surface area contributed by atoms with Crippen molar-refractivity contribution >= 4 is 17.3 Å². The van der Waals surface area contributed by atoms with Crippen LogP contribution in [0.4, 0.5) is 11.4 Å². The molecule has 1 amide bonds. The second-order valence-corrected chi connectivity index (χ2v) is 6.34. The van der Waals surface area contributed by atoms with Crippen molar-refractivity contribution in [2.75, 3.05) is 10.6 Å². The highest BCUT2D eigenvalue weighted by Gasteiger charge is 2.15. The van der Waals surface area contributed by atoms with Crippen LogP contribution in [0.5, 0.6) is 0 Å². The minimum absolute atomic E-state index is 0.130. The van der Waals surface area contributed by atoms with Gasteiger partial charge in [-0.2, -0.15) is 0 Å². The quantitative estimate of drug-likeness (QED) is 0.845. The van der Waals surface area contributed by atoms with Crippen molar-refractivity contribution in [1.29, 1.82) is 0 Å². The number of carbonyl (C=O) groups is 1. The molecule has 1 fully saturated rings. The molecule has 0 saturated heterocycles. The number of aryl methyl sites for hydroxylation is 2. The Kier molecular flexibility index (Phi) is 4.70. The molecule has 122 valence electrons. The first-order chi connectivity index (χ1) is 11.1. The second kappa shape index (κ2) is 6.90. The number of hydrogen-bond donors (Lipinski definition) is 2. The molecule has 1 saturated carbocycles. The summed E-state index contributed by atoms with van der Waals surface area (Å²) in [5.74, 6) is 1.27. The van der Waals surface area contributed by atoms with Gasteiger partial charge in [0.1, 0.15) is 11.5 Å². The molecule has 23 heavy (non-hydrogen) atoms. The molecule has 0 unspecified atom stereocenters. The van der Waals surface area contributed by atoms with Gasteiger partial charge in [0.2, 0.25) is 0 Å². The van der Waals surface area contributed by atoms with Crippen molar-refractivity contribution in [3.8, 4) is 0 Å². The Bertz CT molecular complexity index is 684. The van der Waals surface area contributed by atoms with E-state index in [1.807, 2.05) is 32.0 Å². The third-order valence-corrected chi connectivity index (χ3v) is 4.38. The van der Waals surface area contributed by atoms with E-state index in [9.17, 15) is 4.79 Å². The largest absolute Gasteiger partial charge is 0.466 e. The predicted octanol–water partition coefficient (Wildman–Crippen LogP) is 4.89. The molecular weight excluding hydrogens is 288 g/mol. The molecule has 4 heteroatoms. The molecular formula is C19H24N2O2. The van der Waals surface area contributed by atoms with Crippen LogP contribution in [0.25, 0.3) is 0 Å². The van der Waals surface area contributed by atoms with E-state index >= 15 is 0 Å². The Hall–Kier alpha value is -2.23. The highest BCUT2D eigenvalue weighted by atomic mass is 16.3. The zero-order valence-corrected chi connectivity index (χ0v) is 13.8. The van der Waals surface area contributed by atoms with Crippen molar-refractivity contribution in [3.63, 3.8) is 0 Å². The van der Waals surface area contributed by atoms with E-state index in [1.165, 1.54) is 32.1 Å². The fourth-order valence-electron chi connectivity index (χ4n) is 3.22. The summed E-state index contributed by atoms with van der Waals surface area (Å²) in [5, 5.41) is 6.53. The fraction of sp³-hybridized carbons (Fsp3) is 0.421. The zero-order chi connectivity index (χ0) is 16.2. The van der Waals surface area contributed by atoms with Gasteiger partial charge in [-0.05, 0) is 51.0 Å². The van der Waals surface area contributed by atoms with E-state index in [1.54, 1.807) is 6.07 Å². The number of anilines is 2. The molecule has 0 bridgehead atoms. The van der Waals surface area contributed by atoms with Crippen LogP contribution in [0, 0.1) is 13.8 Å². The third-order valence-electron chi connectivity index (χ3n) is 4.38. The predicted molar refractivity (Wildman–Crippen MR) is 93.1 cm³/mol. The van der Waals surface area contributed by atoms with E-state index in [0.717, 1.165) is 17.1 Å². The van der Waals surface area contributed by atoms with E-state index in [-0.39, 0.29) is 5.91 Å². The van der Waals surface area contributed by atoms with Crippen molar-refractivity contribution in [1.82, 2.24) is 0 Å². The molecule has 0 radical (unpaired) electrons. The van der Waals surface area contributed by atoms with Crippen LogP contribution in [0.1, 0.15) is 54.0 Å². The second-order valence-electron chi connectivity index (χ2n) is 6.34. The summed E-state index contributed by atoms with van der Waals surface area (Å²) in [4.78, 5) is 12.4. The lowest BCUT2D eigenvalue weighted by Crippen LogP contribution is -2.22. The average Bonchev–Trinajstić information content (AvgIpc) is 2.87. The van der Waals surface area contributed by atoms with Crippen molar-refractivity contribution < 1.29 is 9.21 Å². The lowest BCUT2D eigenvalue weighted by atomic mass is 9.95. The molecule has 0 spiro atoms. The summed E-state index contributed by atoms with van der Waals surface area (Å²) < 4.78 is 5.42. The maximum atomic E-state index is 12.4. The SMILES string of the molecule is Cc1cc(C(=O)Nc2cccc(NC3CCCCC3)c2)c(C)o1. The number of nitrogens with one attached hydrogen (secondary N) is 2. The van der Waals surface area contributed by atoms with Gasteiger partial charge in [0.05, 0.1) is 5.56 Å². The third kappa shape index (κ3) is 3.95. The molecule has 2 aromatic rings. The minimum Gasteiger partial charge on any atom is -0.466 e. The molecule has 0 aliphatic heterocycles. The van der Waals surface area contributed by atoms with Crippen molar-refractivity contribution in [2.45, 2.75) is 52.0 Å². The summed E-state index contributed by atoms with van der Waals surface area (Å²) in [5.41, 5.74) is 2.46. The van der Waals surface area contributed by atoms with Gasteiger partial charge in [-0.3, -0.25) is 4.79 Å². The highest BCUT2D eigenvalue weighted by Crippen LogP contribution is 2.24. The number of carbonyl (C=O) groups excluding carboxylic acids is 1. The summed E-state index contributed by atoms with van der Waals surface area (Å²) in [6.45, 7) is 3.65. The van der Waals surface area contributed by atoms with Crippen LogP contribution < -0.4 is 10.6 Å². The van der Waals surface area contributed by atoms with Crippen molar-refractivity contribution in [3.05, 3.63) is 47.4 Å². The molecule has 4 nitrogen and oxygen atoms in total. The molecule has 1 heterocycles. The average molecular weight is 312 g/mol. The summed E-state index contributed by atoms with van der Waals surface area (Å²) in [7, 11) is 0. The number of hydrogen-bond acceptors (Lipinski definition) is 3. The standard InChI is InChI=1S/C19H24N2O2/c1-13-11-18(14(2)23-13)19(22)21-17-10-6-9-16(12-17)20-15-7-4-3-5-8-15/h6,9-12,15,20H,3-5,7-8H2,1-2H3,(H,21,22). The first kappa shape index (κ1) is 15.7. The summed E-state index contributed by atoms with van der Waals surface area (Å²) in [6, 6.07) is 10.2. The van der Waals surface area contributed by atoms with Crippen LogP contribution in [-0.4, -0.2) is 11.9 Å². The zero-order valence-electron chi connectivity index (χ0n) is 13.8. The van der Waals surface area contributed by atoms with Gasteiger partial charge < -0.3 is 15.1 Å². The molecule has 1 aromatic carbocycles. The Balaban J connectivity index is 1.67. The van der Waals surface area contributed by atoms with E-state index in [0.29, 0.717) is 17.4 Å². The van der Waals surface area contributed by atoms with E-state index in [2.05, 4.69) is 16.7 Å². The van der Waals surface area contributed by atoms with Gasteiger partial charge in [0.25, 0.3) is 5.91 Å². The molecule has 1 aliphatic carbocycles. The van der Waals surface area contributed by atoms with Gasteiger partial charge in [0.15, 0.2) is 0 Å². The number of amides is 1.